The van der Waals surface area contributed by atoms with Crippen molar-refractivity contribution in [1.29, 1.82) is 0 Å². The second-order valence-corrected chi connectivity index (χ2v) is 19.8. The van der Waals surface area contributed by atoms with Crippen LogP contribution in [0.3, 0.4) is 0 Å². The molecule has 0 aromatic rings. The standard InChI is InChI=1S/C75H112O6/c1-4-7-10-13-16-19-22-25-28-30-32-33-34-35-36-37-38-39-40-41-43-44-47-50-53-56-59-62-65-68-74(77)80-71-72(70-79-73(76)67-64-61-58-55-52-49-46-27-24-21-18-15-12-9-6-3)81-75(78)69-66-63-60-57-54-51-48-45-42-31-29-26-23-20-17-14-11-8-5-2/h7-12,16-21,25-29,32-33,35-36,38-39,42,45-46,51-52,54-55,60-61,63-64,72H,4-6,13-15,22-24,30-31,34,37,40-41,43-44,47-50,53,56-59,62,65-71H2,1-3H3/b10-7-,11-8-,12-9-,19-16-,20-17-,21-18-,28-25-,29-26-,33-32-,36-35-,39-38-,45-42-,46-27-,54-51-,55-52-,63-60-,64-61-. The fourth-order valence-electron chi connectivity index (χ4n) is 7.72. The van der Waals surface area contributed by atoms with Crippen molar-refractivity contribution in [3.05, 3.63) is 207 Å². The molecule has 0 saturated carbocycles. The van der Waals surface area contributed by atoms with Gasteiger partial charge in [-0.1, -0.05) is 279 Å². The maximum absolute atomic E-state index is 12.9. The Bertz CT molecular complexity index is 2000. The van der Waals surface area contributed by atoms with Crippen molar-refractivity contribution in [2.45, 2.75) is 232 Å². The molecule has 0 aromatic carbocycles. The molecule has 1 atom stereocenters. The van der Waals surface area contributed by atoms with E-state index in [1.807, 2.05) is 18.2 Å². The molecule has 0 spiro atoms. The Morgan fingerprint density at radius 1 is 0.259 bits per heavy atom. The predicted octanol–water partition coefficient (Wildman–Crippen LogP) is 22.0. The van der Waals surface area contributed by atoms with E-state index in [-0.39, 0.29) is 32.0 Å². The average molecular weight is 1110 g/mol. The second-order valence-electron chi connectivity index (χ2n) is 19.8. The zero-order chi connectivity index (χ0) is 58.5. The molecule has 0 radical (unpaired) electrons. The van der Waals surface area contributed by atoms with E-state index in [0.717, 1.165) is 128 Å². The van der Waals surface area contributed by atoms with E-state index in [2.05, 4.69) is 203 Å². The van der Waals surface area contributed by atoms with Crippen LogP contribution in [0.25, 0.3) is 0 Å². The number of carbonyl (C=O) groups is 3. The molecule has 81 heavy (non-hydrogen) atoms. The van der Waals surface area contributed by atoms with Gasteiger partial charge in [-0.15, -0.1) is 0 Å². The Balaban J connectivity index is 4.53. The van der Waals surface area contributed by atoms with Crippen LogP contribution in [-0.4, -0.2) is 37.2 Å². The maximum Gasteiger partial charge on any atom is 0.309 e. The van der Waals surface area contributed by atoms with Crippen LogP contribution >= 0.6 is 0 Å². The van der Waals surface area contributed by atoms with Crippen molar-refractivity contribution in [2.24, 2.45) is 0 Å². The first-order valence-electron chi connectivity index (χ1n) is 31.6. The van der Waals surface area contributed by atoms with Gasteiger partial charge >= 0.3 is 17.9 Å². The monoisotopic (exact) mass is 1110 g/mol. The van der Waals surface area contributed by atoms with Crippen LogP contribution in [0.15, 0.2) is 207 Å². The summed E-state index contributed by atoms with van der Waals surface area (Å²) in [6.45, 7) is 6.12. The molecule has 0 aliphatic heterocycles. The highest BCUT2D eigenvalue weighted by atomic mass is 16.6. The molecule has 0 heterocycles. The molecule has 0 N–H and O–H groups in total. The van der Waals surface area contributed by atoms with Crippen LogP contribution in [0.5, 0.6) is 0 Å². The lowest BCUT2D eigenvalue weighted by Gasteiger charge is -2.18. The minimum Gasteiger partial charge on any atom is -0.462 e. The van der Waals surface area contributed by atoms with Gasteiger partial charge in [-0.05, 0) is 135 Å². The summed E-state index contributed by atoms with van der Waals surface area (Å²) >= 11 is 0. The first-order chi connectivity index (χ1) is 40.0. The number of hydrogen-bond donors (Lipinski definition) is 0. The van der Waals surface area contributed by atoms with E-state index in [1.165, 1.54) is 44.9 Å². The minimum atomic E-state index is -0.874. The van der Waals surface area contributed by atoms with Crippen molar-refractivity contribution in [3.8, 4) is 0 Å². The third-order valence-corrected chi connectivity index (χ3v) is 12.3. The van der Waals surface area contributed by atoms with E-state index in [0.29, 0.717) is 19.3 Å². The first kappa shape index (κ1) is 75.0. The van der Waals surface area contributed by atoms with Gasteiger partial charge < -0.3 is 14.2 Å². The number of hydrogen-bond acceptors (Lipinski definition) is 6. The molecule has 0 aliphatic rings. The molecule has 0 rings (SSSR count). The zero-order valence-electron chi connectivity index (χ0n) is 51.2. The van der Waals surface area contributed by atoms with Crippen molar-refractivity contribution < 1.29 is 28.6 Å². The SMILES string of the molecule is CC/C=C\C/C=C\C/C=C\C/C=C\C/C=C\C/C=C\CCCCCCCCCCCCC(=O)OCC(COC(=O)C/C=C\C/C=C\C/C=C\C/C=C\C/C=C\CC)OC(=O)CC/C=C\C/C=C\C/C=C\C/C=C\C/C=C\C/C=C\CC. The van der Waals surface area contributed by atoms with Gasteiger partial charge in [0.25, 0.3) is 0 Å². The maximum atomic E-state index is 12.9. The molecular weight excluding hydrogens is 997 g/mol. The summed E-state index contributed by atoms with van der Waals surface area (Å²) < 4.78 is 16.7. The van der Waals surface area contributed by atoms with Crippen LogP contribution in [0.1, 0.15) is 226 Å². The van der Waals surface area contributed by atoms with Crippen LogP contribution < -0.4 is 0 Å². The summed E-state index contributed by atoms with van der Waals surface area (Å²) in [5, 5.41) is 0. The van der Waals surface area contributed by atoms with Crippen LogP contribution in [0.2, 0.25) is 0 Å². The zero-order valence-corrected chi connectivity index (χ0v) is 51.2. The molecule has 0 aromatic heterocycles. The lowest BCUT2D eigenvalue weighted by Crippen LogP contribution is -2.30. The normalized spacial score (nSPS) is 13.6. The van der Waals surface area contributed by atoms with E-state index >= 15 is 0 Å². The quantitative estimate of drug-likeness (QED) is 0.0261. The van der Waals surface area contributed by atoms with Crippen molar-refractivity contribution >= 4 is 17.9 Å². The molecule has 448 valence electrons. The highest BCUT2D eigenvalue weighted by Crippen LogP contribution is 2.13. The Kier molecular flexibility index (Phi) is 61.6. The van der Waals surface area contributed by atoms with E-state index in [9.17, 15) is 14.4 Å². The summed E-state index contributed by atoms with van der Waals surface area (Å²) in [4.78, 5) is 38.2. The third kappa shape index (κ3) is 64.7. The van der Waals surface area contributed by atoms with E-state index in [1.54, 1.807) is 6.08 Å². The van der Waals surface area contributed by atoms with Gasteiger partial charge in [0.1, 0.15) is 13.2 Å². The first-order valence-corrected chi connectivity index (χ1v) is 31.6. The highest BCUT2D eigenvalue weighted by Gasteiger charge is 2.19. The van der Waals surface area contributed by atoms with Gasteiger partial charge in [-0.25, -0.2) is 0 Å². The number of unbranched alkanes of at least 4 members (excludes halogenated alkanes) is 10. The van der Waals surface area contributed by atoms with Crippen molar-refractivity contribution in [1.82, 2.24) is 0 Å². The van der Waals surface area contributed by atoms with Crippen molar-refractivity contribution in [2.75, 3.05) is 13.2 Å². The molecule has 0 bridgehead atoms. The van der Waals surface area contributed by atoms with Crippen LogP contribution in [0, 0.1) is 0 Å². The van der Waals surface area contributed by atoms with E-state index < -0.39 is 18.0 Å². The summed E-state index contributed by atoms with van der Waals surface area (Å²) in [5.74, 6) is -1.19. The topological polar surface area (TPSA) is 78.9 Å². The van der Waals surface area contributed by atoms with Gasteiger partial charge in [0.05, 0.1) is 6.42 Å². The highest BCUT2D eigenvalue weighted by molar-refractivity contribution is 5.72. The van der Waals surface area contributed by atoms with Gasteiger partial charge in [0.15, 0.2) is 6.10 Å². The van der Waals surface area contributed by atoms with Gasteiger partial charge in [0, 0.05) is 12.8 Å². The lowest BCUT2D eigenvalue weighted by atomic mass is 10.1. The fraction of sp³-hybridized carbons (Fsp3) is 0.507. The Morgan fingerprint density at radius 2 is 0.519 bits per heavy atom. The Labute approximate surface area is 496 Å². The number of allylic oxidation sites excluding steroid dienone is 33. The molecule has 0 amide bonds. The number of esters is 3. The fourth-order valence-corrected chi connectivity index (χ4v) is 7.72. The molecule has 0 aliphatic carbocycles. The Morgan fingerprint density at radius 3 is 0.852 bits per heavy atom. The van der Waals surface area contributed by atoms with Crippen LogP contribution in [-0.2, 0) is 28.6 Å². The van der Waals surface area contributed by atoms with Gasteiger partial charge in [0.2, 0.25) is 0 Å². The molecule has 0 fully saturated rings. The molecule has 6 heteroatoms. The van der Waals surface area contributed by atoms with Gasteiger partial charge in [-0.3, -0.25) is 14.4 Å². The minimum absolute atomic E-state index is 0.0996. The predicted molar refractivity (Wildman–Crippen MR) is 352 cm³/mol. The Hall–Kier alpha value is -6.01. The van der Waals surface area contributed by atoms with Crippen LogP contribution in [0.4, 0.5) is 0 Å². The lowest BCUT2D eigenvalue weighted by molar-refractivity contribution is -0.166. The summed E-state index contributed by atoms with van der Waals surface area (Å²) in [6.07, 6.45) is 103. The average Bonchev–Trinajstić information content (AvgIpc) is 3.47. The summed E-state index contributed by atoms with van der Waals surface area (Å²) in [5.41, 5.74) is 0. The summed E-state index contributed by atoms with van der Waals surface area (Å²) in [6, 6.07) is 0. The van der Waals surface area contributed by atoms with Gasteiger partial charge in [-0.2, -0.15) is 0 Å². The third-order valence-electron chi connectivity index (χ3n) is 12.3. The smallest absolute Gasteiger partial charge is 0.309 e. The summed E-state index contributed by atoms with van der Waals surface area (Å²) in [7, 11) is 0. The number of ether oxygens (including phenoxy) is 3. The second kappa shape index (κ2) is 66.5. The van der Waals surface area contributed by atoms with Crippen molar-refractivity contribution in [3.63, 3.8) is 0 Å². The number of rotatable bonds is 54. The largest absolute Gasteiger partial charge is 0.462 e. The molecule has 6 nitrogen and oxygen atoms in total. The molecule has 1 unspecified atom stereocenters. The number of carbonyl (C=O) groups excluding carboxylic acids is 3. The molecule has 0 saturated heterocycles. The van der Waals surface area contributed by atoms with E-state index in [4.69, 9.17) is 14.2 Å². The molecular formula is C75H112O6.